The van der Waals surface area contributed by atoms with E-state index in [4.69, 9.17) is 10.5 Å². The molecule has 1 aliphatic rings. The highest BCUT2D eigenvalue weighted by Crippen LogP contribution is 2.29. The molecule has 2 aromatic carbocycles. The summed E-state index contributed by atoms with van der Waals surface area (Å²) in [5, 5.41) is 7.05. The van der Waals surface area contributed by atoms with E-state index in [1.807, 2.05) is 55.6 Å². The van der Waals surface area contributed by atoms with Crippen molar-refractivity contribution in [1.82, 2.24) is 20.5 Å². The molecule has 0 spiro atoms. The molecule has 5 N–H and O–H groups in total. The number of H-pyrrole nitrogens is 1. The number of benzene rings is 2. The van der Waals surface area contributed by atoms with Gasteiger partial charge in [-0.3, -0.25) is 14.5 Å². The van der Waals surface area contributed by atoms with E-state index in [1.54, 1.807) is 20.8 Å². The number of carbonyl (C=O) groups is 3. The average Bonchev–Trinajstić information content (AvgIpc) is 3.43. The molecule has 2 amide bonds. The summed E-state index contributed by atoms with van der Waals surface area (Å²) in [5.41, 5.74) is 8.14. The normalized spacial score (nSPS) is 16.7. The molecule has 238 valence electrons. The molecular formula is C35H49N5O4. The highest BCUT2D eigenvalue weighted by Gasteiger charge is 2.35. The van der Waals surface area contributed by atoms with Crippen LogP contribution >= 0.6 is 0 Å². The smallest absolute Gasteiger partial charge is 0.329 e. The SMILES string of the molecule is C[C@@H](c1c[nH]c2ccccc12)[C@H](NC(=O)C1CCN(Cc2ccccc2)CC1)C(=O)N[C@@H](CCCCN)C(=O)OC(C)(C)C. The molecule has 1 saturated heterocycles. The van der Waals surface area contributed by atoms with Gasteiger partial charge in [0.15, 0.2) is 0 Å². The molecule has 0 aliphatic carbocycles. The summed E-state index contributed by atoms with van der Waals surface area (Å²) < 4.78 is 5.65. The Morgan fingerprint density at radius 1 is 1.00 bits per heavy atom. The number of aromatic amines is 1. The third-order valence-electron chi connectivity index (χ3n) is 8.35. The first-order valence-electron chi connectivity index (χ1n) is 15.9. The molecule has 1 aromatic heterocycles. The number of amides is 2. The zero-order valence-corrected chi connectivity index (χ0v) is 26.6. The van der Waals surface area contributed by atoms with E-state index in [2.05, 4.69) is 32.7 Å². The second kappa shape index (κ2) is 15.3. The van der Waals surface area contributed by atoms with Crippen LogP contribution in [0.4, 0.5) is 0 Å². The van der Waals surface area contributed by atoms with Crippen LogP contribution in [0.25, 0.3) is 10.9 Å². The number of rotatable bonds is 13. The lowest BCUT2D eigenvalue weighted by Gasteiger charge is -2.33. The maximum absolute atomic E-state index is 14.0. The van der Waals surface area contributed by atoms with Gasteiger partial charge in [0.05, 0.1) is 0 Å². The van der Waals surface area contributed by atoms with Crippen LogP contribution in [0.5, 0.6) is 0 Å². The number of aromatic nitrogens is 1. The van der Waals surface area contributed by atoms with Crippen molar-refractivity contribution in [3.8, 4) is 0 Å². The molecule has 4 rings (SSSR count). The number of para-hydroxylation sites is 1. The number of unbranched alkanes of at least 4 members (excludes halogenated alkanes) is 1. The minimum absolute atomic E-state index is 0.131. The third kappa shape index (κ3) is 9.16. The first kappa shape index (κ1) is 33.2. The maximum Gasteiger partial charge on any atom is 0.329 e. The lowest BCUT2D eigenvalue weighted by Crippen LogP contribution is -2.55. The number of nitrogens with zero attached hydrogens (tertiary/aromatic N) is 1. The van der Waals surface area contributed by atoms with Crippen LogP contribution in [-0.4, -0.2) is 65.0 Å². The number of ether oxygens (including phenoxy) is 1. The van der Waals surface area contributed by atoms with Crippen molar-refractivity contribution < 1.29 is 19.1 Å². The molecule has 44 heavy (non-hydrogen) atoms. The molecule has 1 fully saturated rings. The van der Waals surface area contributed by atoms with Gasteiger partial charge in [-0.05, 0) is 89.7 Å². The average molecular weight is 604 g/mol. The van der Waals surface area contributed by atoms with Crippen molar-refractivity contribution in [2.45, 2.75) is 89.9 Å². The number of fused-ring (bicyclic) bond motifs is 1. The Kier molecular flexibility index (Phi) is 11.6. The zero-order chi connectivity index (χ0) is 31.7. The number of hydrogen-bond donors (Lipinski definition) is 4. The summed E-state index contributed by atoms with van der Waals surface area (Å²) in [5.74, 6) is -1.58. The van der Waals surface area contributed by atoms with Crippen molar-refractivity contribution in [1.29, 1.82) is 0 Å². The van der Waals surface area contributed by atoms with Gasteiger partial charge >= 0.3 is 5.97 Å². The largest absolute Gasteiger partial charge is 0.458 e. The highest BCUT2D eigenvalue weighted by molar-refractivity contribution is 5.93. The van der Waals surface area contributed by atoms with Gasteiger partial charge < -0.3 is 26.1 Å². The number of esters is 1. The second-order valence-corrected chi connectivity index (χ2v) is 13.0. The van der Waals surface area contributed by atoms with Crippen molar-refractivity contribution in [2.24, 2.45) is 11.7 Å². The molecule has 2 heterocycles. The van der Waals surface area contributed by atoms with Crippen LogP contribution in [0.2, 0.25) is 0 Å². The Hall–Kier alpha value is -3.69. The molecule has 0 bridgehead atoms. The first-order chi connectivity index (χ1) is 21.1. The first-order valence-corrected chi connectivity index (χ1v) is 15.9. The monoisotopic (exact) mass is 603 g/mol. The standard InChI is InChI=1S/C35H49N5O4/c1-24(28-22-37-29-15-9-8-14-27(28)29)31(33(42)38-30(16-10-11-19-36)34(43)44-35(2,3)4)39-32(41)26-17-20-40(21-18-26)23-25-12-6-5-7-13-25/h5-9,12-15,22,24,26,30-31,37H,10-11,16-21,23,36H2,1-4H3,(H,38,42)(H,39,41)/t24-,30-,31-/m0/s1. The predicted octanol–water partition coefficient (Wildman–Crippen LogP) is 4.62. The fourth-order valence-corrected chi connectivity index (χ4v) is 5.91. The van der Waals surface area contributed by atoms with Gasteiger partial charge in [0, 0.05) is 35.5 Å². The summed E-state index contributed by atoms with van der Waals surface area (Å²) in [7, 11) is 0. The van der Waals surface area contributed by atoms with Crippen LogP contribution in [0.15, 0.2) is 60.8 Å². The molecule has 9 nitrogen and oxygen atoms in total. The lowest BCUT2D eigenvalue weighted by atomic mass is 9.90. The van der Waals surface area contributed by atoms with E-state index >= 15 is 0 Å². The zero-order valence-electron chi connectivity index (χ0n) is 26.6. The highest BCUT2D eigenvalue weighted by atomic mass is 16.6. The fraction of sp³-hybridized carbons (Fsp3) is 0.514. The predicted molar refractivity (Wildman–Crippen MR) is 174 cm³/mol. The minimum Gasteiger partial charge on any atom is -0.458 e. The van der Waals surface area contributed by atoms with Gasteiger partial charge in [-0.2, -0.15) is 0 Å². The van der Waals surface area contributed by atoms with E-state index < -0.39 is 29.6 Å². The van der Waals surface area contributed by atoms with Gasteiger partial charge in [-0.15, -0.1) is 0 Å². The number of nitrogens with one attached hydrogen (secondary N) is 3. The van der Waals surface area contributed by atoms with E-state index in [0.29, 0.717) is 32.2 Å². The Labute approximate surface area is 261 Å². The number of likely N-dealkylation sites (tertiary alicyclic amines) is 1. The molecular weight excluding hydrogens is 554 g/mol. The number of piperidine rings is 1. The Morgan fingerprint density at radius 2 is 1.68 bits per heavy atom. The second-order valence-electron chi connectivity index (χ2n) is 13.0. The molecule has 3 aromatic rings. The molecule has 9 heteroatoms. The number of carbonyl (C=O) groups excluding carboxylic acids is 3. The van der Waals surface area contributed by atoms with Crippen LogP contribution < -0.4 is 16.4 Å². The summed E-state index contributed by atoms with van der Waals surface area (Å²) >= 11 is 0. The molecule has 0 radical (unpaired) electrons. The topological polar surface area (TPSA) is 130 Å². The molecule has 0 unspecified atom stereocenters. The van der Waals surface area contributed by atoms with Gasteiger partial charge in [-0.25, -0.2) is 4.79 Å². The fourth-order valence-electron chi connectivity index (χ4n) is 5.91. The van der Waals surface area contributed by atoms with Crippen LogP contribution in [-0.2, 0) is 25.7 Å². The van der Waals surface area contributed by atoms with Crippen molar-refractivity contribution in [2.75, 3.05) is 19.6 Å². The maximum atomic E-state index is 14.0. The molecule has 3 atom stereocenters. The van der Waals surface area contributed by atoms with Gasteiger partial charge in [0.2, 0.25) is 11.8 Å². The summed E-state index contributed by atoms with van der Waals surface area (Å²) in [6, 6.07) is 16.5. The molecule has 0 saturated carbocycles. The van der Waals surface area contributed by atoms with E-state index in [-0.39, 0.29) is 17.7 Å². The minimum atomic E-state index is -0.886. The molecule has 1 aliphatic heterocycles. The Bertz CT molecular complexity index is 1370. The van der Waals surface area contributed by atoms with E-state index in [1.165, 1.54) is 5.56 Å². The van der Waals surface area contributed by atoms with Crippen LogP contribution in [0.1, 0.15) is 76.8 Å². The number of hydrogen-bond acceptors (Lipinski definition) is 6. The quantitative estimate of drug-likeness (QED) is 0.167. The van der Waals surface area contributed by atoms with Crippen molar-refractivity contribution >= 4 is 28.7 Å². The van der Waals surface area contributed by atoms with Gasteiger partial charge in [0.1, 0.15) is 17.7 Å². The third-order valence-corrected chi connectivity index (χ3v) is 8.35. The van der Waals surface area contributed by atoms with Crippen molar-refractivity contribution in [3.05, 3.63) is 71.9 Å². The van der Waals surface area contributed by atoms with Crippen molar-refractivity contribution in [3.63, 3.8) is 0 Å². The van der Waals surface area contributed by atoms with Crippen LogP contribution in [0, 0.1) is 5.92 Å². The van der Waals surface area contributed by atoms with E-state index in [9.17, 15) is 14.4 Å². The Morgan fingerprint density at radius 3 is 2.36 bits per heavy atom. The van der Waals surface area contributed by atoms with Crippen LogP contribution in [0.3, 0.4) is 0 Å². The lowest BCUT2D eigenvalue weighted by molar-refractivity contribution is -0.159. The van der Waals surface area contributed by atoms with Gasteiger partial charge in [0.25, 0.3) is 0 Å². The summed E-state index contributed by atoms with van der Waals surface area (Å²) in [6.07, 6.45) is 5.12. The summed E-state index contributed by atoms with van der Waals surface area (Å²) in [6.45, 7) is 10.3. The number of nitrogens with two attached hydrogens (primary N) is 1. The summed E-state index contributed by atoms with van der Waals surface area (Å²) in [4.78, 5) is 46.5. The van der Waals surface area contributed by atoms with Gasteiger partial charge in [-0.1, -0.05) is 55.5 Å². The van der Waals surface area contributed by atoms with E-state index in [0.717, 1.165) is 42.5 Å². The Balaban J connectivity index is 1.50.